The van der Waals surface area contributed by atoms with Crippen molar-refractivity contribution in [2.45, 2.75) is 31.8 Å². The molecule has 1 aromatic rings. The first-order valence-electron chi connectivity index (χ1n) is 5.41. The second kappa shape index (κ2) is 3.57. The lowest BCUT2D eigenvalue weighted by molar-refractivity contribution is -0.0858. The molecule has 0 spiro atoms. The zero-order chi connectivity index (χ0) is 11.8. The fourth-order valence-electron chi connectivity index (χ4n) is 2.29. The van der Waals surface area contributed by atoms with Crippen LogP contribution in [0.1, 0.15) is 31.7 Å². The Morgan fingerprint density at radius 2 is 1.94 bits per heavy atom. The summed E-state index contributed by atoms with van der Waals surface area (Å²) < 4.78 is 12.8. The number of nitriles is 1. The van der Waals surface area contributed by atoms with E-state index in [0.717, 1.165) is 6.42 Å². The number of aliphatic hydroxyl groups is 1. The SMILES string of the molecule is CC(O)(c1ccc(F)cc1)C1(C#N)CCC1. The fourth-order valence-corrected chi connectivity index (χ4v) is 2.29. The van der Waals surface area contributed by atoms with E-state index in [2.05, 4.69) is 6.07 Å². The highest BCUT2D eigenvalue weighted by Crippen LogP contribution is 2.53. The molecule has 0 radical (unpaired) electrons. The van der Waals surface area contributed by atoms with Crippen LogP contribution in [0.3, 0.4) is 0 Å². The Labute approximate surface area is 94.3 Å². The molecule has 0 aliphatic heterocycles. The van der Waals surface area contributed by atoms with Gasteiger partial charge in [-0.2, -0.15) is 5.26 Å². The maximum absolute atomic E-state index is 12.8. The van der Waals surface area contributed by atoms with Crippen molar-refractivity contribution in [2.75, 3.05) is 0 Å². The second-order valence-electron chi connectivity index (χ2n) is 4.63. The Kier molecular flexibility index (Phi) is 2.47. The molecule has 0 amide bonds. The van der Waals surface area contributed by atoms with Gasteiger partial charge in [0.25, 0.3) is 0 Å². The highest BCUT2D eigenvalue weighted by atomic mass is 19.1. The van der Waals surface area contributed by atoms with Crippen LogP contribution in [-0.4, -0.2) is 5.11 Å². The topological polar surface area (TPSA) is 44.0 Å². The molecule has 1 unspecified atom stereocenters. The fraction of sp³-hybridized carbons (Fsp3) is 0.462. The average Bonchev–Trinajstić information content (AvgIpc) is 2.17. The van der Waals surface area contributed by atoms with E-state index in [1.807, 2.05) is 0 Å². The van der Waals surface area contributed by atoms with Gasteiger partial charge in [-0.1, -0.05) is 18.6 Å². The van der Waals surface area contributed by atoms with Crippen LogP contribution in [0.5, 0.6) is 0 Å². The second-order valence-corrected chi connectivity index (χ2v) is 4.63. The molecule has 84 valence electrons. The Morgan fingerprint density at radius 3 is 2.31 bits per heavy atom. The molecule has 1 atom stereocenters. The number of benzene rings is 1. The van der Waals surface area contributed by atoms with E-state index >= 15 is 0 Å². The Hall–Kier alpha value is -1.40. The molecule has 1 saturated carbocycles. The van der Waals surface area contributed by atoms with E-state index in [1.54, 1.807) is 19.1 Å². The summed E-state index contributed by atoms with van der Waals surface area (Å²) >= 11 is 0. The largest absolute Gasteiger partial charge is 0.384 e. The summed E-state index contributed by atoms with van der Waals surface area (Å²) in [5, 5.41) is 19.7. The Bertz CT molecular complexity index is 426. The zero-order valence-corrected chi connectivity index (χ0v) is 9.20. The summed E-state index contributed by atoms with van der Waals surface area (Å²) in [4.78, 5) is 0. The molecule has 2 nitrogen and oxygen atoms in total. The predicted molar refractivity (Wildman–Crippen MR) is 57.9 cm³/mol. The van der Waals surface area contributed by atoms with Gasteiger partial charge in [-0.3, -0.25) is 0 Å². The van der Waals surface area contributed by atoms with Crippen molar-refractivity contribution in [2.24, 2.45) is 5.41 Å². The molecule has 1 aliphatic carbocycles. The van der Waals surface area contributed by atoms with Crippen LogP contribution >= 0.6 is 0 Å². The van der Waals surface area contributed by atoms with E-state index in [1.165, 1.54) is 12.1 Å². The minimum absolute atomic E-state index is 0.334. The van der Waals surface area contributed by atoms with Gasteiger partial charge in [-0.05, 0) is 37.5 Å². The molecule has 16 heavy (non-hydrogen) atoms. The highest BCUT2D eigenvalue weighted by Gasteiger charge is 2.52. The molecule has 0 aromatic heterocycles. The lowest BCUT2D eigenvalue weighted by Crippen LogP contribution is -2.47. The average molecular weight is 219 g/mol. The number of rotatable bonds is 2. The third-order valence-electron chi connectivity index (χ3n) is 3.76. The minimum Gasteiger partial charge on any atom is -0.384 e. The predicted octanol–water partition coefficient (Wildman–Crippen LogP) is 2.73. The molecule has 1 aromatic carbocycles. The van der Waals surface area contributed by atoms with Gasteiger partial charge in [-0.15, -0.1) is 0 Å². The monoisotopic (exact) mass is 219 g/mol. The lowest BCUT2D eigenvalue weighted by atomic mass is 9.58. The van der Waals surface area contributed by atoms with Crippen molar-refractivity contribution in [3.8, 4) is 6.07 Å². The maximum Gasteiger partial charge on any atom is 0.123 e. The van der Waals surface area contributed by atoms with Crippen molar-refractivity contribution >= 4 is 0 Å². The van der Waals surface area contributed by atoms with Crippen LogP contribution in [0.4, 0.5) is 4.39 Å². The van der Waals surface area contributed by atoms with Crippen LogP contribution < -0.4 is 0 Å². The molecular weight excluding hydrogens is 205 g/mol. The van der Waals surface area contributed by atoms with Crippen molar-refractivity contribution in [1.29, 1.82) is 5.26 Å². The van der Waals surface area contributed by atoms with Gasteiger partial charge in [0.1, 0.15) is 11.4 Å². The van der Waals surface area contributed by atoms with Crippen molar-refractivity contribution in [3.05, 3.63) is 35.6 Å². The van der Waals surface area contributed by atoms with Crippen molar-refractivity contribution < 1.29 is 9.50 Å². The summed E-state index contributed by atoms with van der Waals surface area (Å²) in [7, 11) is 0. The molecule has 0 bridgehead atoms. The Morgan fingerprint density at radius 1 is 1.38 bits per heavy atom. The van der Waals surface area contributed by atoms with E-state index in [9.17, 15) is 14.8 Å². The third-order valence-corrected chi connectivity index (χ3v) is 3.76. The summed E-state index contributed by atoms with van der Waals surface area (Å²) in [5.74, 6) is -0.334. The van der Waals surface area contributed by atoms with Crippen molar-refractivity contribution in [3.63, 3.8) is 0 Å². The molecule has 2 rings (SSSR count). The number of nitrogens with zero attached hydrogens (tertiary/aromatic N) is 1. The van der Waals surface area contributed by atoms with Gasteiger partial charge >= 0.3 is 0 Å². The molecule has 3 heteroatoms. The smallest absolute Gasteiger partial charge is 0.123 e. The summed E-state index contributed by atoms with van der Waals surface area (Å²) in [6.07, 6.45) is 2.37. The van der Waals surface area contributed by atoms with E-state index < -0.39 is 11.0 Å². The van der Waals surface area contributed by atoms with Gasteiger partial charge in [0.05, 0.1) is 11.5 Å². The van der Waals surface area contributed by atoms with Gasteiger partial charge in [0, 0.05) is 0 Å². The molecule has 1 aliphatic rings. The van der Waals surface area contributed by atoms with Crippen LogP contribution in [0.2, 0.25) is 0 Å². The minimum atomic E-state index is -1.20. The van der Waals surface area contributed by atoms with Crippen molar-refractivity contribution in [1.82, 2.24) is 0 Å². The zero-order valence-electron chi connectivity index (χ0n) is 9.20. The van der Waals surface area contributed by atoms with E-state index in [4.69, 9.17) is 0 Å². The first-order chi connectivity index (χ1) is 7.52. The van der Waals surface area contributed by atoms with E-state index in [-0.39, 0.29) is 5.82 Å². The number of hydrogen-bond donors (Lipinski definition) is 1. The standard InChI is InChI=1S/C13H14FNO/c1-12(16,13(9-15)7-2-8-13)10-3-5-11(14)6-4-10/h3-6,16H,2,7-8H2,1H3. The quantitative estimate of drug-likeness (QED) is 0.831. The molecule has 1 fully saturated rings. The van der Waals surface area contributed by atoms with Gasteiger partial charge < -0.3 is 5.11 Å². The summed E-state index contributed by atoms with van der Waals surface area (Å²) in [6, 6.07) is 7.95. The normalized spacial score (nSPS) is 21.6. The molecule has 0 saturated heterocycles. The van der Waals surface area contributed by atoms with Crippen LogP contribution in [0, 0.1) is 22.6 Å². The third kappa shape index (κ3) is 1.42. The van der Waals surface area contributed by atoms with Crippen LogP contribution in [-0.2, 0) is 5.60 Å². The van der Waals surface area contributed by atoms with Gasteiger partial charge in [0.2, 0.25) is 0 Å². The summed E-state index contributed by atoms with van der Waals surface area (Å²) in [6.45, 7) is 1.64. The van der Waals surface area contributed by atoms with Crippen LogP contribution in [0.15, 0.2) is 24.3 Å². The highest BCUT2D eigenvalue weighted by molar-refractivity contribution is 5.30. The lowest BCUT2D eigenvalue weighted by Gasteiger charge is -2.46. The van der Waals surface area contributed by atoms with Gasteiger partial charge in [-0.25, -0.2) is 4.39 Å². The summed E-state index contributed by atoms with van der Waals surface area (Å²) in [5.41, 5.74) is -1.30. The van der Waals surface area contributed by atoms with Gasteiger partial charge in [0.15, 0.2) is 0 Å². The maximum atomic E-state index is 12.8. The molecule has 1 N–H and O–H groups in total. The van der Waals surface area contributed by atoms with Crippen LogP contribution in [0.25, 0.3) is 0 Å². The first-order valence-corrected chi connectivity index (χ1v) is 5.41. The Balaban J connectivity index is 2.38. The molecule has 0 heterocycles. The first kappa shape index (κ1) is 11.1. The van der Waals surface area contributed by atoms with E-state index in [0.29, 0.717) is 18.4 Å². The molecular formula is C13H14FNO. The number of halogens is 1. The number of hydrogen-bond acceptors (Lipinski definition) is 2.